The van der Waals surface area contributed by atoms with Gasteiger partial charge in [0, 0.05) is 12.8 Å². The summed E-state index contributed by atoms with van der Waals surface area (Å²) < 4.78 is 5.63. The summed E-state index contributed by atoms with van der Waals surface area (Å²) in [5, 5.41) is 9.02. The first kappa shape index (κ1) is 37.4. The Labute approximate surface area is 246 Å². The predicted molar refractivity (Wildman–Crippen MR) is 171 cm³/mol. The molecule has 0 radical (unpaired) electrons. The number of carbonyl (C=O) groups is 2. The predicted octanol–water partition coefficient (Wildman–Crippen LogP) is 10.8. The average Bonchev–Trinajstić information content (AvgIpc) is 2.94. The van der Waals surface area contributed by atoms with Gasteiger partial charge in [-0.1, -0.05) is 132 Å². The SMILES string of the molecule is CC/C=C\C/C=C\C/C=C\C/C=C\C/C=C\C/C=C\CCC(=O)OC(CCCCCCCCCC)CCC(=O)O. The quantitative estimate of drug-likeness (QED) is 0.0623. The summed E-state index contributed by atoms with van der Waals surface area (Å²) in [5.41, 5.74) is 0. The minimum atomic E-state index is -0.838. The van der Waals surface area contributed by atoms with Crippen molar-refractivity contribution < 1.29 is 19.4 Å². The zero-order valence-electron chi connectivity index (χ0n) is 25.6. The Hall–Kier alpha value is -2.62. The molecular weight excluding hydrogens is 496 g/mol. The van der Waals surface area contributed by atoms with Crippen LogP contribution < -0.4 is 0 Å². The van der Waals surface area contributed by atoms with Crippen LogP contribution in [0.2, 0.25) is 0 Å². The normalized spacial score (nSPS) is 13.2. The van der Waals surface area contributed by atoms with Crippen LogP contribution in [0.25, 0.3) is 0 Å². The standard InChI is InChI=1S/C36H58O4/c1-3-5-7-9-11-13-14-15-16-17-18-19-20-21-22-23-25-27-29-31-36(39)40-34(32-33-35(37)38)30-28-26-24-12-10-8-6-4-2/h5,7,11,13,15-16,18-19,21-22,25,27,34H,3-4,6,8-10,12,14,17,20,23-24,26,28-33H2,1-2H3,(H,37,38)/b7-5-,13-11-,16-15-,19-18-,22-21-,27-25-. The van der Waals surface area contributed by atoms with Crippen LogP contribution in [-0.2, 0) is 14.3 Å². The molecule has 0 fully saturated rings. The monoisotopic (exact) mass is 554 g/mol. The van der Waals surface area contributed by atoms with E-state index in [1.54, 1.807) is 0 Å². The smallest absolute Gasteiger partial charge is 0.306 e. The van der Waals surface area contributed by atoms with Gasteiger partial charge in [-0.2, -0.15) is 0 Å². The fraction of sp³-hybridized carbons (Fsp3) is 0.611. The van der Waals surface area contributed by atoms with Gasteiger partial charge in [0.25, 0.3) is 0 Å². The van der Waals surface area contributed by atoms with Crippen molar-refractivity contribution in [1.82, 2.24) is 0 Å². The highest BCUT2D eigenvalue weighted by molar-refractivity contribution is 5.70. The fourth-order valence-corrected chi connectivity index (χ4v) is 4.14. The second-order valence-electron chi connectivity index (χ2n) is 10.3. The van der Waals surface area contributed by atoms with E-state index in [1.807, 2.05) is 6.08 Å². The van der Waals surface area contributed by atoms with Gasteiger partial charge in [-0.25, -0.2) is 0 Å². The fourth-order valence-electron chi connectivity index (χ4n) is 4.14. The van der Waals surface area contributed by atoms with E-state index in [2.05, 4.69) is 80.7 Å². The molecule has 0 spiro atoms. The zero-order chi connectivity index (χ0) is 29.4. The Balaban J connectivity index is 3.97. The van der Waals surface area contributed by atoms with E-state index in [-0.39, 0.29) is 18.5 Å². The number of hydrogen-bond acceptors (Lipinski definition) is 3. The molecule has 0 saturated carbocycles. The molecule has 0 rings (SSSR count). The number of unbranched alkanes of at least 4 members (excludes halogenated alkanes) is 7. The lowest BCUT2D eigenvalue weighted by molar-refractivity contribution is -0.151. The second kappa shape index (κ2) is 30.9. The number of carboxylic acid groups (broad SMARTS) is 1. The van der Waals surface area contributed by atoms with Gasteiger partial charge in [0.1, 0.15) is 6.10 Å². The van der Waals surface area contributed by atoms with E-state index in [9.17, 15) is 9.59 Å². The summed E-state index contributed by atoms with van der Waals surface area (Å²) >= 11 is 0. The molecule has 4 heteroatoms. The van der Waals surface area contributed by atoms with Gasteiger partial charge in [0.15, 0.2) is 0 Å². The molecule has 0 aromatic heterocycles. The Bertz CT molecular complexity index is 770. The number of allylic oxidation sites excluding steroid dienone is 12. The molecule has 0 aliphatic rings. The maximum atomic E-state index is 12.3. The summed E-state index contributed by atoms with van der Waals surface area (Å²) in [5.74, 6) is -1.07. The first-order valence-electron chi connectivity index (χ1n) is 15.9. The Kier molecular flexibility index (Phi) is 28.9. The number of carboxylic acids is 1. The van der Waals surface area contributed by atoms with E-state index in [0.717, 1.165) is 57.8 Å². The molecule has 40 heavy (non-hydrogen) atoms. The number of esters is 1. The lowest BCUT2D eigenvalue weighted by Crippen LogP contribution is -2.19. The minimum Gasteiger partial charge on any atom is -0.481 e. The molecule has 0 aliphatic heterocycles. The van der Waals surface area contributed by atoms with Gasteiger partial charge in [0.2, 0.25) is 0 Å². The molecule has 0 aliphatic carbocycles. The molecule has 226 valence electrons. The van der Waals surface area contributed by atoms with E-state index in [4.69, 9.17) is 9.84 Å². The average molecular weight is 555 g/mol. The third-order valence-electron chi connectivity index (χ3n) is 6.47. The molecule has 4 nitrogen and oxygen atoms in total. The summed E-state index contributed by atoms with van der Waals surface area (Å²) in [6.45, 7) is 4.37. The minimum absolute atomic E-state index is 0.0438. The van der Waals surface area contributed by atoms with Crippen LogP contribution in [0.4, 0.5) is 0 Å². The number of aliphatic carboxylic acids is 1. The molecule has 1 atom stereocenters. The highest BCUT2D eigenvalue weighted by Crippen LogP contribution is 2.16. The summed E-state index contributed by atoms with van der Waals surface area (Å²) in [6, 6.07) is 0. The van der Waals surface area contributed by atoms with Crippen molar-refractivity contribution in [2.45, 2.75) is 142 Å². The number of rotatable bonds is 27. The van der Waals surface area contributed by atoms with Gasteiger partial charge < -0.3 is 9.84 Å². The molecule has 0 saturated heterocycles. The Morgan fingerprint density at radius 2 is 1.02 bits per heavy atom. The van der Waals surface area contributed by atoms with Crippen molar-refractivity contribution in [1.29, 1.82) is 0 Å². The van der Waals surface area contributed by atoms with Gasteiger partial charge >= 0.3 is 11.9 Å². The van der Waals surface area contributed by atoms with Crippen LogP contribution >= 0.6 is 0 Å². The van der Waals surface area contributed by atoms with Gasteiger partial charge in [-0.15, -0.1) is 0 Å². The van der Waals surface area contributed by atoms with E-state index in [0.29, 0.717) is 19.3 Å². The van der Waals surface area contributed by atoms with Crippen LogP contribution in [0.15, 0.2) is 72.9 Å². The molecule has 0 aromatic carbocycles. The van der Waals surface area contributed by atoms with E-state index >= 15 is 0 Å². The van der Waals surface area contributed by atoms with Crippen LogP contribution in [0, 0.1) is 0 Å². The lowest BCUT2D eigenvalue weighted by Gasteiger charge is -2.17. The Morgan fingerprint density at radius 3 is 1.50 bits per heavy atom. The molecular formula is C36H58O4. The number of hydrogen-bond donors (Lipinski definition) is 1. The van der Waals surface area contributed by atoms with E-state index in [1.165, 1.54) is 38.5 Å². The van der Waals surface area contributed by atoms with Crippen LogP contribution in [0.3, 0.4) is 0 Å². The molecule has 0 aromatic rings. The molecule has 0 amide bonds. The van der Waals surface area contributed by atoms with Crippen molar-refractivity contribution in [3.8, 4) is 0 Å². The first-order chi connectivity index (χ1) is 19.6. The maximum absolute atomic E-state index is 12.3. The summed E-state index contributed by atoms with van der Waals surface area (Å²) in [6.07, 6.45) is 43.4. The van der Waals surface area contributed by atoms with Crippen LogP contribution in [0.5, 0.6) is 0 Å². The third kappa shape index (κ3) is 29.9. The van der Waals surface area contributed by atoms with Gasteiger partial charge in [-0.3, -0.25) is 9.59 Å². The number of ether oxygens (including phenoxy) is 1. The summed E-state index contributed by atoms with van der Waals surface area (Å²) in [4.78, 5) is 23.3. The topological polar surface area (TPSA) is 63.6 Å². The zero-order valence-corrected chi connectivity index (χ0v) is 25.6. The molecule has 1 N–H and O–H groups in total. The van der Waals surface area contributed by atoms with Crippen LogP contribution in [0.1, 0.15) is 136 Å². The van der Waals surface area contributed by atoms with Crippen molar-refractivity contribution in [2.75, 3.05) is 0 Å². The number of carbonyl (C=O) groups excluding carboxylic acids is 1. The maximum Gasteiger partial charge on any atom is 0.306 e. The Morgan fingerprint density at radius 1 is 0.575 bits per heavy atom. The highest BCUT2D eigenvalue weighted by atomic mass is 16.5. The van der Waals surface area contributed by atoms with Crippen LogP contribution in [-0.4, -0.2) is 23.1 Å². The highest BCUT2D eigenvalue weighted by Gasteiger charge is 2.15. The molecule has 0 heterocycles. The molecule has 0 bridgehead atoms. The van der Waals surface area contributed by atoms with Crippen molar-refractivity contribution in [3.05, 3.63) is 72.9 Å². The van der Waals surface area contributed by atoms with Gasteiger partial charge in [0.05, 0.1) is 0 Å². The third-order valence-corrected chi connectivity index (χ3v) is 6.47. The first-order valence-corrected chi connectivity index (χ1v) is 15.9. The van der Waals surface area contributed by atoms with Crippen molar-refractivity contribution >= 4 is 11.9 Å². The summed E-state index contributed by atoms with van der Waals surface area (Å²) in [7, 11) is 0. The lowest BCUT2D eigenvalue weighted by atomic mass is 10.0. The largest absolute Gasteiger partial charge is 0.481 e. The van der Waals surface area contributed by atoms with E-state index < -0.39 is 5.97 Å². The second-order valence-corrected chi connectivity index (χ2v) is 10.3. The van der Waals surface area contributed by atoms with Gasteiger partial charge in [-0.05, 0) is 64.2 Å². The molecule has 1 unspecified atom stereocenters. The van der Waals surface area contributed by atoms with Crippen molar-refractivity contribution in [3.63, 3.8) is 0 Å². The van der Waals surface area contributed by atoms with Crippen molar-refractivity contribution in [2.24, 2.45) is 0 Å².